The van der Waals surface area contributed by atoms with Crippen molar-refractivity contribution in [3.63, 3.8) is 0 Å². The van der Waals surface area contributed by atoms with E-state index in [0.29, 0.717) is 0 Å². The second-order valence-electron chi connectivity index (χ2n) is 5.98. The summed E-state index contributed by atoms with van der Waals surface area (Å²) in [6.07, 6.45) is 0. The molecule has 3 heteroatoms. The number of para-hydroxylation sites is 2. The van der Waals surface area contributed by atoms with Crippen LogP contribution >= 0.6 is 11.3 Å². The third-order valence-electron chi connectivity index (χ3n) is 4.63. The van der Waals surface area contributed by atoms with Crippen LogP contribution in [0.1, 0.15) is 6.92 Å². The maximum Gasteiger partial charge on any atom is 0.124 e. The molecule has 3 aromatic carbocycles. The number of hydrogen-bond donors (Lipinski definition) is 0. The van der Waals surface area contributed by atoms with E-state index in [1.54, 1.807) is 11.3 Å². The molecule has 0 radical (unpaired) electrons. The van der Waals surface area contributed by atoms with E-state index in [0.717, 1.165) is 17.1 Å². The third kappa shape index (κ3) is 1.91. The van der Waals surface area contributed by atoms with E-state index in [-0.39, 0.29) is 0 Å². The highest BCUT2D eigenvalue weighted by atomic mass is 32.1. The Kier molecular flexibility index (Phi) is 2.97. The molecule has 0 atom stereocenters. The van der Waals surface area contributed by atoms with Gasteiger partial charge in [-0.3, -0.25) is 0 Å². The van der Waals surface area contributed by atoms with Gasteiger partial charge in [-0.1, -0.05) is 30.3 Å². The Hall–Kier alpha value is -2.65. The quantitative estimate of drug-likeness (QED) is 0.383. The van der Waals surface area contributed by atoms with Gasteiger partial charge in [0.25, 0.3) is 0 Å². The Morgan fingerprint density at radius 1 is 0.875 bits per heavy atom. The zero-order valence-electron chi connectivity index (χ0n) is 13.4. The molecule has 2 nitrogen and oxygen atoms in total. The summed E-state index contributed by atoms with van der Waals surface area (Å²) in [5, 5.41) is 3.72. The molecule has 0 saturated carbocycles. The van der Waals surface area contributed by atoms with Crippen molar-refractivity contribution in [3.8, 4) is 10.6 Å². The number of hydrogen-bond acceptors (Lipinski definition) is 2. The first-order valence-electron chi connectivity index (χ1n) is 8.22. The minimum Gasteiger partial charge on any atom is -0.341 e. The van der Waals surface area contributed by atoms with Crippen molar-refractivity contribution in [2.24, 2.45) is 0 Å². The standard InChI is InChI=1S/C21H16N2S/c1-2-23-18-9-5-3-7-15(18)16-13-14(11-12-19(16)23)21-22-17-8-4-6-10-20(17)24-21/h3-13H,2H2,1H3. The predicted molar refractivity (Wildman–Crippen MR) is 104 cm³/mol. The molecule has 0 fully saturated rings. The summed E-state index contributed by atoms with van der Waals surface area (Å²) in [7, 11) is 0. The van der Waals surface area contributed by atoms with Crippen molar-refractivity contribution in [2.45, 2.75) is 13.5 Å². The van der Waals surface area contributed by atoms with Gasteiger partial charge in [-0.2, -0.15) is 0 Å². The van der Waals surface area contributed by atoms with E-state index in [2.05, 4.69) is 72.2 Å². The highest BCUT2D eigenvalue weighted by Crippen LogP contribution is 2.35. The smallest absolute Gasteiger partial charge is 0.124 e. The molecule has 0 unspecified atom stereocenters. The molecule has 2 aromatic heterocycles. The van der Waals surface area contributed by atoms with Crippen molar-refractivity contribution in [3.05, 3.63) is 66.7 Å². The maximum atomic E-state index is 4.81. The van der Waals surface area contributed by atoms with Crippen LogP contribution in [0.15, 0.2) is 66.7 Å². The molecular formula is C21H16N2S. The van der Waals surface area contributed by atoms with Crippen LogP contribution in [-0.2, 0) is 6.54 Å². The molecule has 0 aliphatic carbocycles. The van der Waals surface area contributed by atoms with Crippen LogP contribution < -0.4 is 0 Å². The molecular weight excluding hydrogens is 312 g/mol. The summed E-state index contributed by atoms with van der Waals surface area (Å²) in [6.45, 7) is 3.18. The van der Waals surface area contributed by atoms with Crippen LogP contribution in [0.4, 0.5) is 0 Å². The first-order chi connectivity index (χ1) is 11.8. The SMILES string of the molecule is CCn1c2ccccc2c2cc(-c3nc4ccccc4s3)ccc21. The van der Waals surface area contributed by atoms with Gasteiger partial charge >= 0.3 is 0 Å². The molecule has 5 aromatic rings. The lowest BCUT2D eigenvalue weighted by molar-refractivity contribution is 0.827. The fraction of sp³-hybridized carbons (Fsp3) is 0.0952. The molecule has 2 heterocycles. The number of aromatic nitrogens is 2. The van der Waals surface area contributed by atoms with Gasteiger partial charge in [0.15, 0.2) is 0 Å². The highest BCUT2D eigenvalue weighted by molar-refractivity contribution is 7.21. The molecule has 116 valence electrons. The molecule has 0 aliphatic rings. The molecule has 0 saturated heterocycles. The summed E-state index contributed by atoms with van der Waals surface area (Å²) in [6, 6.07) is 23.7. The van der Waals surface area contributed by atoms with Gasteiger partial charge in [0.05, 0.1) is 10.2 Å². The topological polar surface area (TPSA) is 17.8 Å². The molecule has 0 aliphatic heterocycles. The number of nitrogens with zero attached hydrogens (tertiary/aromatic N) is 2. The van der Waals surface area contributed by atoms with Crippen LogP contribution in [0.2, 0.25) is 0 Å². The van der Waals surface area contributed by atoms with Gasteiger partial charge in [-0.05, 0) is 43.3 Å². The first-order valence-corrected chi connectivity index (χ1v) is 9.04. The zero-order valence-corrected chi connectivity index (χ0v) is 14.2. The van der Waals surface area contributed by atoms with Gasteiger partial charge in [-0.25, -0.2) is 4.98 Å². The van der Waals surface area contributed by atoms with E-state index in [1.165, 1.54) is 32.1 Å². The molecule has 5 rings (SSSR count). The van der Waals surface area contributed by atoms with Gasteiger partial charge in [-0.15, -0.1) is 11.3 Å². The number of fused-ring (bicyclic) bond motifs is 4. The fourth-order valence-electron chi connectivity index (χ4n) is 3.52. The van der Waals surface area contributed by atoms with Crippen molar-refractivity contribution < 1.29 is 0 Å². The average molecular weight is 328 g/mol. The average Bonchev–Trinajstić information content (AvgIpc) is 3.20. The van der Waals surface area contributed by atoms with Crippen LogP contribution in [0.5, 0.6) is 0 Å². The van der Waals surface area contributed by atoms with Crippen molar-refractivity contribution in [1.82, 2.24) is 9.55 Å². The highest BCUT2D eigenvalue weighted by Gasteiger charge is 2.12. The molecule has 0 spiro atoms. The second kappa shape index (κ2) is 5.18. The lowest BCUT2D eigenvalue weighted by Crippen LogP contribution is -1.92. The van der Waals surface area contributed by atoms with E-state index >= 15 is 0 Å². The van der Waals surface area contributed by atoms with Crippen LogP contribution in [0, 0.1) is 0 Å². The minimum atomic E-state index is 0.977. The molecule has 0 bridgehead atoms. The summed E-state index contributed by atoms with van der Waals surface area (Å²) in [5.41, 5.74) is 4.87. The Morgan fingerprint density at radius 2 is 1.67 bits per heavy atom. The van der Waals surface area contributed by atoms with Crippen LogP contribution in [-0.4, -0.2) is 9.55 Å². The molecule has 24 heavy (non-hydrogen) atoms. The number of aryl methyl sites for hydroxylation is 1. The summed E-state index contributed by atoms with van der Waals surface area (Å²) < 4.78 is 3.62. The van der Waals surface area contributed by atoms with E-state index < -0.39 is 0 Å². The van der Waals surface area contributed by atoms with Gasteiger partial charge < -0.3 is 4.57 Å². The Labute approximate surface area is 144 Å². The first kappa shape index (κ1) is 13.8. The van der Waals surface area contributed by atoms with Crippen molar-refractivity contribution in [1.29, 1.82) is 0 Å². The fourth-order valence-corrected chi connectivity index (χ4v) is 4.49. The summed E-state index contributed by atoms with van der Waals surface area (Å²) >= 11 is 1.76. The van der Waals surface area contributed by atoms with Crippen molar-refractivity contribution in [2.75, 3.05) is 0 Å². The number of benzene rings is 3. The Morgan fingerprint density at radius 3 is 2.54 bits per heavy atom. The summed E-state index contributed by atoms with van der Waals surface area (Å²) in [4.78, 5) is 4.81. The Bertz CT molecular complexity index is 1160. The zero-order chi connectivity index (χ0) is 16.1. The van der Waals surface area contributed by atoms with E-state index in [1.807, 2.05) is 6.07 Å². The second-order valence-corrected chi connectivity index (χ2v) is 7.01. The van der Waals surface area contributed by atoms with E-state index in [4.69, 9.17) is 4.98 Å². The maximum absolute atomic E-state index is 4.81. The third-order valence-corrected chi connectivity index (χ3v) is 5.71. The predicted octanol–water partition coefficient (Wildman–Crippen LogP) is 6.09. The van der Waals surface area contributed by atoms with Gasteiger partial charge in [0, 0.05) is 33.9 Å². The van der Waals surface area contributed by atoms with Gasteiger partial charge in [0.2, 0.25) is 0 Å². The van der Waals surface area contributed by atoms with E-state index in [9.17, 15) is 0 Å². The molecule has 0 amide bonds. The Balaban J connectivity index is 1.80. The number of rotatable bonds is 2. The monoisotopic (exact) mass is 328 g/mol. The summed E-state index contributed by atoms with van der Waals surface area (Å²) in [5.74, 6) is 0. The minimum absolute atomic E-state index is 0.977. The van der Waals surface area contributed by atoms with Crippen LogP contribution in [0.3, 0.4) is 0 Å². The van der Waals surface area contributed by atoms with Gasteiger partial charge in [0.1, 0.15) is 5.01 Å². The largest absolute Gasteiger partial charge is 0.341 e. The lowest BCUT2D eigenvalue weighted by atomic mass is 10.1. The van der Waals surface area contributed by atoms with Crippen LogP contribution in [0.25, 0.3) is 42.6 Å². The lowest BCUT2D eigenvalue weighted by Gasteiger charge is -2.03. The molecule has 0 N–H and O–H groups in total. The normalized spacial score (nSPS) is 11.7. The number of thiazole rings is 1. The van der Waals surface area contributed by atoms with Crippen molar-refractivity contribution >= 4 is 43.4 Å².